The predicted octanol–water partition coefficient (Wildman–Crippen LogP) is 2.86. The number of benzene rings is 1. The number of hydrogen-bond donors (Lipinski definition) is 3. The van der Waals surface area contributed by atoms with Crippen LogP contribution in [-0.4, -0.2) is 19.4 Å². The van der Waals surface area contributed by atoms with Gasteiger partial charge in [0.25, 0.3) is 0 Å². The second kappa shape index (κ2) is 6.81. The first kappa shape index (κ1) is 13.4. The summed E-state index contributed by atoms with van der Waals surface area (Å²) in [6.45, 7) is 2.10. The number of nitrogens with one attached hydrogen (secondary N) is 2. The molecule has 1 rings (SSSR count). The highest BCUT2D eigenvalue weighted by atomic mass is 16.5. The lowest BCUT2D eigenvalue weighted by Gasteiger charge is -2.12. The number of hydrogen-bond acceptors (Lipinski definition) is 4. The minimum atomic E-state index is 0.714. The maximum absolute atomic E-state index is 9.13. The summed E-state index contributed by atoms with van der Waals surface area (Å²) in [4.78, 5) is 0. The van der Waals surface area contributed by atoms with Gasteiger partial charge in [-0.3, -0.25) is 10.7 Å². The third-order valence-electron chi connectivity index (χ3n) is 2.54. The zero-order valence-corrected chi connectivity index (χ0v) is 10.6. The number of rotatable bonds is 6. The molecule has 0 bridgehead atoms. The molecule has 0 saturated carbocycles. The summed E-state index contributed by atoms with van der Waals surface area (Å²) in [5.74, 6) is 0.782. The highest BCUT2D eigenvalue weighted by Crippen LogP contribution is 2.27. The molecule has 94 valence electrons. The largest absolute Gasteiger partial charge is 0.495 e. The lowest BCUT2D eigenvalue weighted by atomic mass is 10.1. The molecule has 0 spiro atoms. The van der Waals surface area contributed by atoms with Crippen molar-refractivity contribution in [3.05, 3.63) is 29.8 Å². The Hall–Kier alpha value is -1.68. The molecule has 0 aliphatic heterocycles. The van der Waals surface area contributed by atoms with Gasteiger partial charge in [0.05, 0.1) is 18.5 Å². The second-order valence-electron chi connectivity index (χ2n) is 3.68. The van der Waals surface area contributed by atoms with Crippen LogP contribution >= 0.6 is 0 Å². The van der Waals surface area contributed by atoms with Gasteiger partial charge in [-0.05, 0) is 24.6 Å². The van der Waals surface area contributed by atoms with Gasteiger partial charge in [0, 0.05) is 12.6 Å². The molecular formula is C13H20N2O2. The SMILES string of the molecule is CCC/C=C(/NO)c1ccc(OC)c(NC)c1. The molecule has 0 atom stereocenters. The predicted molar refractivity (Wildman–Crippen MR) is 70.3 cm³/mol. The van der Waals surface area contributed by atoms with E-state index < -0.39 is 0 Å². The van der Waals surface area contributed by atoms with Crippen molar-refractivity contribution in [3.63, 3.8) is 0 Å². The van der Waals surface area contributed by atoms with Crippen LogP contribution in [0.3, 0.4) is 0 Å². The van der Waals surface area contributed by atoms with Crippen molar-refractivity contribution in [1.29, 1.82) is 0 Å². The van der Waals surface area contributed by atoms with Gasteiger partial charge in [-0.2, -0.15) is 0 Å². The Morgan fingerprint density at radius 2 is 2.24 bits per heavy atom. The molecule has 0 saturated heterocycles. The van der Waals surface area contributed by atoms with E-state index in [1.807, 2.05) is 31.3 Å². The fraction of sp³-hybridized carbons (Fsp3) is 0.385. The van der Waals surface area contributed by atoms with Gasteiger partial charge in [0.1, 0.15) is 5.75 Å². The molecule has 0 heterocycles. The molecule has 0 aliphatic carbocycles. The average molecular weight is 236 g/mol. The van der Waals surface area contributed by atoms with Gasteiger partial charge >= 0.3 is 0 Å². The van der Waals surface area contributed by atoms with Crippen LogP contribution < -0.4 is 15.5 Å². The zero-order valence-electron chi connectivity index (χ0n) is 10.6. The van der Waals surface area contributed by atoms with Crippen molar-refractivity contribution in [2.24, 2.45) is 0 Å². The normalized spacial score (nSPS) is 11.2. The molecule has 3 N–H and O–H groups in total. The van der Waals surface area contributed by atoms with E-state index in [4.69, 9.17) is 9.94 Å². The smallest absolute Gasteiger partial charge is 0.141 e. The fourth-order valence-corrected chi connectivity index (χ4v) is 1.59. The Bertz CT molecular complexity index is 389. The lowest BCUT2D eigenvalue weighted by Crippen LogP contribution is -2.06. The molecule has 0 unspecified atom stereocenters. The van der Waals surface area contributed by atoms with Crippen LogP contribution in [0.4, 0.5) is 5.69 Å². The van der Waals surface area contributed by atoms with Crippen molar-refractivity contribution >= 4 is 11.4 Å². The summed E-state index contributed by atoms with van der Waals surface area (Å²) in [7, 11) is 3.47. The monoisotopic (exact) mass is 236 g/mol. The van der Waals surface area contributed by atoms with Crippen LogP contribution in [0, 0.1) is 0 Å². The van der Waals surface area contributed by atoms with Crippen LogP contribution in [0.15, 0.2) is 24.3 Å². The molecule has 1 aromatic carbocycles. The maximum Gasteiger partial charge on any atom is 0.141 e. The van der Waals surface area contributed by atoms with E-state index in [2.05, 4.69) is 17.7 Å². The molecule has 0 aliphatic rings. The minimum absolute atomic E-state index is 0.714. The van der Waals surface area contributed by atoms with Crippen molar-refractivity contribution in [2.45, 2.75) is 19.8 Å². The molecule has 1 aromatic rings. The number of ether oxygens (including phenoxy) is 1. The molecular weight excluding hydrogens is 216 g/mol. The van der Waals surface area contributed by atoms with Crippen LogP contribution in [0.2, 0.25) is 0 Å². The summed E-state index contributed by atoms with van der Waals surface area (Å²) in [6.07, 6.45) is 3.94. The highest BCUT2D eigenvalue weighted by Gasteiger charge is 2.05. The molecule has 0 aromatic heterocycles. The van der Waals surface area contributed by atoms with E-state index in [1.54, 1.807) is 7.11 Å². The van der Waals surface area contributed by atoms with Crippen LogP contribution in [0.25, 0.3) is 5.70 Å². The van der Waals surface area contributed by atoms with E-state index >= 15 is 0 Å². The number of unbranched alkanes of at least 4 members (excludes halogenated alkanes) is 1. The van der Waals surface area contributed by atoms with Crippen LogP contribution in [-0.2, 0) is 0 Å². The van der Waals surface area contributed by atoms with Crippen molar-refractivity contribution in [1.82, 2.24) is 5.48 Å². The molecule has 0 radical (unpaired) electrons. The summed E-state index contributed by atoms with van der Waals surface area (Å²) in [5.41, 5.74) is 4.76. The molecule has 17 heavy (non-hydrogen) atoms. The van der Waals surface area contributed by atoms with E-state index in [9.17, 15) is 0 Å². The van der Waals surface area contributed by atoms with Gasteiger partial charge < -0.3 is 10.1 Å². The molecule has 4 heteroatoms. The highest BCUT2D eigenvalue weighted by molar-refractivity contribution is 5.70. The Kier molecular flexibility index (Phi) is 5.36. The fourth-order valence-electron chi connectivity index (χ4n) is 1.59. The van der Waals surface area contributed by atoms with Crippen molar-refractivity contribution in [3.8, 4) is 5.75 Å². The Morgan fingerprint density at radius 1 is 1.47 bits per heavy atom. The topological polar surface area (TPSA) is 53.5 Å². The Morgan fingerprint density at radius 3 is 2.76 bits per heavy atom. The number of anilines is 1. The van der Waals surface area contributed by atoms with Gasteiger partial charge in [-0.1, -0.05) is 19.4 Å². The minimum Gasteiger partial charge on any atom is -0.495 e. The summed E-state index contributed by atoms with van der Waals surface area (Å²) in [5, 5.41) is 12.2. The van der Waals surface area contributed by atoms with Gasteiger partial charge in [0.15, 0.2) is 0 Å². The van der Waals surface area contributed by atoms with E-state index in [0.29, 0.717) is 5.70 Å². The quantitative estimate of drug-likeness (QED) is 0.665. The Balaban J connectivity index is 3.04. The first-order chi connectivity index (χ1) is 8.26. The maximum atomic E-state index is 9.13. The molecule has 4 nitrogen and oxygen atoms in total. The average Bonchev–Trinajstić information content (AvgIpc) is 2.39. The van der Waals surface area contributed by atoms with Crippen LogP contribution in [0.1, 0.15) is 25.3 Å². The third-order valence-corrected chi connectivity index (χ3v) is 2.54. The number of methoxy groups -OCH3 is 1. The van der Waals surface area contributed by atoms with Gasteiger partial charge in [0.2, 0.25) is 0 Å². The standard InChI is InChI=1S/C13H20N2O2/c1-4-5-6-11(15-16)10-7-8-13(17-3)12(9-10)14-2/h6-9,14-16H,4-5H2,1-3H3/b11-6+. The third kappa shape index (κ3) is 3.39. The van der Waals surface area contributed by atoms with E-state index in [1.165, 1.54) is 0 Å². The summed E-state index contributed by atoms with van der Waals surface area (Å²) in [6, 6.07) is 5.71. The van der Waals surface area contributed by atoms with Crippen molar-refractivity contribution in [2.75, 3.05) is 19.5 Å². The van der Waals surface area contributed by atoms with E-state index in [0.717, 1.165) is 29.8 Å². The van der Waals surface area contributed by atoms with Crippen LogP contribution in [0.5, 0.6) is 5.75 Å². The summed E-state index contributed by atoms with van der Waals surface area (Å²) < 4.78 is 5.22. The number of hydroxylamine groups is 1. The van der Waals surface area contributed by atoms with Gasteiger partial charge in [-0.15, -0.1) is 0 Å². The first-order valence-corrected chi connectivity index (χ1v) is 5.73. The van der Waals surface area contributed by atoms with Crippen molar-refractivity contribution < 1.29 is 9.94 Å². The molecule has 0 amide bonds. The first-order valence-electron chi connectivity index (χ1n) is 5.73. The lowest BCUT2D eigenvalue weighted by molar-refractivity contribution is 0.224. The zero-order chi connectivity index (χ0) is 12.7. The number of allylic oxidation sites excluding steroid dienone is 1. The Labute approximate surface area is 102 Å². The summed E-state index contributed by atoms with van der Waals surface area (Å²) >= 11 is 0. The van der Waals surface area contributed by atoms with E-state index in [-0.39, 0.29) is 0 Å². The molecule has 0 fully saturated rings. The van der Waals surface area contributed by atoms with Gasteiger partial charge in [-0.25, -0.2) is 0 Å². The second-order valence-corrected chi connectivity index (χ2v) is 3.68.